The van der Waals surface area contributed by atoms with Crippen molar-refractivity contribution >= 4 is 31.7 Å². The van der Waals surface area contributed by atoms with Crippen LogP contribution in [0, 0.1) is 0 Å². The number of likely N-dealkylation sites (N-methyl/N-ethyl adjacent to an activating group) is 1. The van der Waals surface area contributed by atoms with E-state index in [0.717, 1.165) is 36.3 Å². The maximum Gasteiger partial charge on any atom is 0.0341 e. The van der Waals surface area contributed by atoms with E-state index in [1.165, 1.54) is 22.3 Å². The number of rotatable bonds is 9. The van der Waals surface area contributed by atoms with Gasteiger partial charge in [0.05, 0.1) is 0 Å². The Bertz CT molecular complexity index is 898. The van der Waals surface area contributed by atoms with Crippen LogP contribution in [0.3, 0.4) is 0 Å². The Labute approximate surface area is 183 Å². The molecule has 0 fully saturated rings. The van der Waals surface area contributed by atoms with E-state index in [0.29, 0.717) is 0 Å². The number of hydrogen-bond donors (Lipinski definition) is 1. The average Bonchev–Trinajstić information content (AvgIpc) is 2.79. The van der Waals surface area contributed by atoms with Gasteiger partial charge in [-0.05, 0) is 57.8 Å². The molecule has 0 unspecified atom stereocenters. The van der Waals surface area contributed by atoms with Gasteiger partial charge in [-0.2, -0.15) is 0 Å². The van der Waals surface area contributed by atoms with Gasteiger partial charge >= 0.3 is 0 Å². The molecular formula is C26H29BrN2. The first-order chi connectivity index (χ1) is 14.2. The van der Waals surface area contributed by atoms with Gasteiger partial charge in [0.1, 0.15) is 0 Å². The third-order valence-electron chi connectivity index (χ3n) is 5.13. The van der Waals surface area contributed by atoms with Crippen LogP contribution in [0.2, 0.25) is 0 Å². The lowest BCUT2D eigenvalue weighted by molar-refractivity contribution is 0.316. The third-order valence-corrected chi connectivity index (χ3v) is 5.99. The van der Waals surface area contributed by atoms with E-state index < -0.39 is 0 Å². The number of hydrogen-bond acceptors (Lipinski definition) is 2. The highest BCUT2D eigenvalue weighted by molar-refractivity contribution is 9.15. The predicted octanol–water partition coefficient (Wildman–Crippen LogP) is 6.75. The summed E-state index contributed by atoms with van der Waals surface area (Å²) in [6, 6.07) is 29.8. The fourth-order valence-electron chi connectivity index (χ4n) is 3.41. The number of nitrogens with zero attached hydrogens (tertiary/aromatic N) is 1. The lowest BCUT2D eigenvalue weighted by atomic mass is 9.95. The molecule has 3 aromatic rings. The zero-order valence-electron chi connectivity index (χ0n) is 17.2. The lowest BCUT2D eigenvalue weighted by Crippen LogP contribution is -2.28. The maximum absolute atomic E-state index is 3.88. The molecule has 2 nitrogen and oxygen atoms in total. The highest BCUT2D eigenvalue weighted by Crippen LogP contribution is 2.36. The lowest BCUT2D eigenvalue weighted by Gasteiger charge is -2.18. The first-order valence-electron chi connectivity index (χ1n) is 10.3. The molecule has 0 saturated carbocycles. The molecule has 0 heterocycles. The minimum absolute atomic E-state index is 0.954. The number of nitrogens with one attached hydrogen (secondary N) is 1. The molecule has 0 aliphatic carbocycles. The van der Waals surface area contributed by atoms with Gasteiger partial charge in [0, 0.05) is 28.8 Å². The first-order valence-corrected chi connectivity index (χ1v) is 11.1. The molecule has 3 rings (SSSR count). The Morgan fingerprint density at radius 2 is 1.24 bits per heavy atom. The van der Waals surface area contributed by atoms with Crippen LogP contribution in [0.4, 0.5) is 5.69 Å². The van der Waals surface area contributed by atoms with Gasteiger partial charge in [-0.15, -0.1) is 0 Å². The molecule has 0 atom stereocenters. The molecule has 0 spiro atoms. The Hall–Kier alpha value is -2.36. The Morgan fingerprint density at radius 1 is 0.724 bits per heavy atom. The minimum Gasteiger partial charge on any atom is -0.384 e. The fourth-order valence-corrected chi connectivity index (χ4v) is 4.13. The topological polar surface area (TPSA) is 15.3 Å². The van der Waals surface area contributed by atoms with Crippen molar-refractivity contribution in [3.8, 4) is 0 Å². The van der Waals surface area contributed by atoms with E-state index in [1.54, 1.807) is 0 Å². The predicted molar refractivity (Wildman–Crippen MR) is 130 cm³/mol. The van der Waals surface area contributed by atoms with E-state index in [9.17, 15) is 0 Å². The summed E-state index contributed by atoms with van der Waals surface area (Å²) in [7, 11) is 0. The second-order valence-corrected chi connectivity index (χ2v) is 7.75. The summed E-state index contributed by atoms with van der Waals surface area (Å²) in [4.78, 5) is 2.43. The summed E-state index contributed by atoms with van der Waals surface area (Å²) in [5, 5.41) is 3.54. The molecule has 0 aliphatic rings. The fraction of sp³-hybridized carbons (Fsp3) is 0.231. The Kier molecular flexibility index (Phi) is 8.09. The molecule has 0 bridgehead atoms. The van der Waals surface area contributed by atoms with Crippen molar-refractivity contribution in [3.05, 3.63) is 102 Å². The van der Waals surface area contributed by atoms with E-state index in [-0.39, 0.29) is 0 Å². The second-order valence-electron chi connectivity index (χ2n) is 6.95. The third kappa shape index (κ3) is 5.81. The van der Waals surface area contributed by atoms with Crippen LogP contribution in [-0.2, 0) is 0 Å². The van der Waals surface area contributed by atoms with Gasteiger partial charge in [0.15, 0.2) is 0 Å². The van der Waals surface area contributed by atoms with Crippen molar-refractivity contribution in [1.82, 2.24) is 4.90 Å². The van der Waals surface area contributed by atoms with E-state index in [4.69, 9.17) is 0 Å². The van der Waals surface area contributed by atoms with Gasteiger partial charge in [0.25, 0.3) is 0 Å². The average molecular weight is 449 g/mol. The molecule has 1 N–H and O–H groups in total. The van der Waals surface area contributed by atoms with E-state index >= 15 is 0 Å². The monoisotopic (exact) mass is 448 g/mol. The van der Waals surface area contributed by atoms with Crippen LogP contribution < -0.4 is 5.32 Å². The summed E-state index contributed by atoms with van der Waals surface area (Å²) in [6.45, 7) is 8.62. The minimum atomic E-state index is 0.954. The Balaban J connectivity index is 1.86. The second kappa shape index (κ2) is 11.0. The highest BCUT2D eigenvalue weighted by Gasteiger charge is 2.12. The number of halogens is 1. The standard InChI is InChI=1S/C26H29BrN2/c1-3-29(4-2)20-19-28-24-17-15-22(16-18-24)25(21-11-7-5-8-12-21)26(27)23-13-9-6-10-14-23/h5-18,28H,3-4,19-20H2,1-2H3. The van der Waals surface area contributed by atoms with Crippen LogP contribution in [-0.4, -0.2) is 31.1 Å². The smallest absolute Gasteiger partial charge is 0.0341 e. The highest BCUT2D eigenvalue weighted by atomic mass is 79.9. The molecule has 0 radical (unpaired) electrons. The number of anilines is 1. The van der Waals surface area contributed by atoms with Crippen molar-refractivity contribution in [2.75, 3.05) is 31.5 Å². The van der Waals surface area contributed by atoms with Gasteiger partial charge in [-0.25, -0.2) is 0 Å². The van der Waals surface area contributed by atoms with E-state index in [2.05, 4.69) is 119 Å². The van der Waals surface area contributed by atoms with Crippen molar-refractivity contribution in [3.63, 3.8) is 0 Å². The summed E-state index contributed by atoms with van der Waals surface area (Å²) in [6.07, 6.45) is 0. The normalized spacial score (nSPS) is 12.0. The van der Waals surface area contributed by atoms with E-state index in [1.807, 2.05) is 6.07 Å². The molecule has 0 saturated heterocycles. The SMILES string of the molecule is CCN(CC)CCNc1ccc(C(=C(Br)c2ccccc2)c2ccccc2)cc1. The number of benzene rings is 3. The van der Waals surface area contributed by atoms with Crippen LogP contribution in [0.25, 0.3) is 10.1 Å². The molecule has 0 aromatic heterocycles. The summed E-state index contributed by atoms with van der Waals surface area (Å²) in [5.41, 5.74) is 5.93. The van der Waals surface area contributed by atoms with Gasteiger partial charge < -0.3 is 10.2 Å². The first kappa shape index (κ1) is 21.4. The zero-order valence-corrected chi connectivity index (χ0v) is 18.8. The van der Waals surface area contributed by atoms with Crippen LogP contribution in [0.1, 0.15) is 30.5 Å². The Morgan fingerprint density at radius 3 is 1.79 bits per heavy atom. The summed E-state index contributed by atoms with van der Waals surface area (Å²) < 4.78 is 1.10. The van der Waals surface area contributed by atoms with Crippen molar-refractivity contribution in [2.45, 2.75) is 13.8 Å². The zero-order chi connectivity index (χ0) is 20.5. The molecule has 0 amide bonds. The van der Waals surface area contributed by atoms with Crippen molar-refractivity contribution in [2.24, 2.45) is 0 Å². The quantitative estimate of drug-likeness (QED) is 0.364. The van der Waals surface area contributed by atoms with Gasteiger partial charge in [-0.3, -0.25) is 0 Å². The van der Waals surface area contributed by atoms with Crippen molar-refractivity contribution in [1.29, 1.82) is 0 Å². The molecule has 3 heteroatoms. The van der Waals surface area contributed by atoms with Gasteiger partial charge in [-0.1, -0.05) is 86.6 Å². The molecule has 29 heavy (non-hydrogen) atoms. The molecular weight excluding hydrogens is 420 g/mol. The largest absolute Gasteiger partial charge is 0.384 e. The van der Waals surface area contributed by atoms with Crippen LogP contribution in [0.15, 0.2) is 84.9 Å². The van der Waals surface area contributed by atoms with Crippen LogP contribution in [0.5, 0.6) is 0 Å². The van der Waals surface area contributed by atoms with Gasteiger partial charge in [0.2, 0.25) is 0 Å². The van der Waals surface area contributed by atoms with Crippen LogP contribution >= 0.6 is 15.9 Å². The maximum atomic E-state index is 3.88. The summed E-state index contributed by atoms with van der Waals surface area (Å²) >= 11 is 3.88. The molecule has 0 aliphatic heterocycles. The van der Waals surface area contributed by atoms with Crippen molar-refractivity contribution < 1.29 is 0 Å². The molecule has 150 valence electrons. The molecule has 3 aromatic carbocycles. The summed E-state index contributed by atoms with van der Waals surface area (Å²) in [5.74, 6) is 0.